The van der Waals surface area contributed by atoms with Crippen molar-refractivity contribution in [1.29, 1.82) is 0 Å². The number of carbonyl (C=O) groups excluding carboxylic acids is 1. The Morgan fingerprint density at radius 3 is 2.60 bits per heavy atom. The van der Waals surface area contributed by atoms with Gasteiger partial charge in [-0.1, -0.05) is 31.7 Å². The molecule has 0 aliphatic heterocycles. The first-order chi connectivity index (χ1) is 6.88. The largest absolute Gasteiger partial charge is 0.276 e. The predicted octanol–water partition coefficient (Wildman–Crippen LogP) is 1.81. The molecule has 0 aromatic carbocycles. The molecule has 0 N–H and O–H groups in total. The van der Waals surface area contributed by atoms with E-state index in [1.807, 2.05) is 0 Å². The van der Waals surface area contributed by atoms with Crippen molar-refractivity contribution in [1.82, 2.24) is 0 Å². The molecule has 15 heavy (non-hydrogen) atoms. The van der Waals surface area contributed by atoms with Gasteiger partial charge in [-0.15, -0.1) is 0 Å². The van der Waals surface area contributed by atoms with Gasteiger partial charge in [0.1, 0.15) is 0 Å². The summed E-state index contributed by atoms with van der Waals surface area (Å²) in [6, 6.07) is 0. The van der Waals surface area contributed by atoms with Crippen LogP contribution in [0.1, 0.15) is 6.92 Å². The molecule has 0 heterocycles. The van der Waals surface area contributed by atoms with E-state index in [0.717, 1.165) is 5.41 Å². The van der Waals surface area contributed by atoms with Crippen molar-refractivity contribution >= 4 is 26.7 Å². The van der Waals surface area contributed by atoms with Gasteiger partial charge in [0.2, 0.25) is 0 Å². The van der Waals surface area contributed by atoms with Gasteiger partial charge in [-0.2, -0.15) is 0 Å². The molecule has 5 heteroatoms. The fourth-order valence-electron chi connectivity index (χ4n) is 1.46. The van der Waals surface area contributed by atoms with E-state index in [4.69, 9.17) is 11.6 Å². The summed E-state index contributed by atoms with van der Waals surface area (Å²) < 4.78 is 23.0. The molecule has 0 radical (unpaired) electrons. The molecule has 3 nitrogen and oxygen atoms in total. The topological polar surface area (TPSA) is 51.2 Å². The fourth-order valence-corrected chi connectivity index (χ4v) is 2.78. The van der Waals surface area contributed by atoms with Crippen molar-refractivity contribution < 1.29 is 13.2 Å². The molecule has 0 aromatic heterocycles. The zero-order chi connectivity index (χ0) is 11.6. The van der Waals surface area contributed by atoms with Crippen molar-refractivity contribution in [2.75, 3.05) is 0 Å². The van der Waals surface area contributed by atoms with Crippen LogP contribution in [0.3, 0.4) is 0 Å². The lowest BCUT2D eigenvalue weighted by Gasteiger charge is -2.20. The summed E-state index contributed by atoms with van der Waals surface area (Å²) in [6.45, 7) is 4.98. The second kappa shape index (κ2) is 4.33. The molecular weight excluding hydrogens is 236 g/mol. The number of carbonyl (C=O) groups is 1. The maximum absolute atomic E-state index is 11.5. The Labute approximate surface area is 94.0 Å². The summed E-state index contributed by atoms with van der Waals surface area (Å²) in [5, 5.41) is -0.304. The van der Waals surface area contributed by atoms with Crippen LogP contribution in [0.2, 0.25) is 0 Å². The zero-order valence-corrected chi connectivity index (χ0v) is 9.75. The van der Waals surface area contributed by atoms with Crippen molar-refractivity contribution in [3.63, 3.8) is 0 Å². The van der Waals surface area contributed by atoms with Crippen LogP contribution in [0.4, 0.5) is 0 Å². The van der Waals surface area contributed by atoms with Crippen LogP contribution in [-0.4, -0.2) is 18.9 Å². The first-order valence-electron chi connectivity index (χ1n) is 4.34. The number of allylic oxidation sites excluding steroid dienone is 3. The normalized spacial score (nSPS) is 25.9. The van der Waals surface area contributed by atoms with Crippen molar-refractivity contribution in [3.8, 4) is 0 Å². The Morgan fingerprint density at radius 1 is 1.60 bits per heavy atom. The Balaban J connectivity index is 3.03. The minimum absolute atomic E-state index is 0.282. The molecule has 1 aliphatic rings. The summed E-state index contributed by atoms with van der Waals surface area (Å²) in [4.78, 5) is 10.8. The van der Waals surface area contributed by atoms with E-state index < -0.39 is 20.3 Å². The van der Waals surface area contributed by atoms with E-state index in [-0.39, 0.29) is 5.92 Å². The fraction of sp³-hybridized carbons (Fsp3) is 0.300. The van der Waals surface area contributed by atoms with Crippen molar-refractivity contribution in [2.45, 2.75) is 12.2 Å². The number of halogens is 1. The van der Waals surface area contributed by atoms with Gasteiger partial charge in [0.25, 0.3) is 5.24 Å². The molecule has 0 amide bonds. The van der Waals surface area contributed by atoms with Gasteiger partial charge in [0, 0.05) is 11.0 Å². The van der Waals surface area contributed by atoms with E-state index in [9.17, 15) is 13.2 Å². The number of rotatable bonds is 3. The summed E-state index contributed by atoms with van der Waals surface area (Å²) in [7, 11) is -3.34. The van der Waals surface area contributed by atoms with E-state index in [1.54, 1.807) is 13.0 Å². The maximum Gasteiger partial charge on any atom is 0.252 e. The summed E-state index contributed by atoms with van der Waals surface area (Å²) in [5.74, 6) is -0.282. The van der Waals surface area contributed by atoms with Crippen molar-refractivity contribution in [3.05, 3.63) is 35.8 Å². The van der Waals surface area contributed by atoms with Gasteiger partial charge in [-0.25, -0.2) is 8.42 Å². The van der Waals surface area contributed by atoms with Crippen molar-refractivity contribution in [2.24, 2.45) is 5.92 Å². The summed E-state index contributed by atoms with van der Waals surface area (Å²) in [5.41, 5.74) is 0.333. The lowest BCUT2D eigenvalue weighted by Crippen LogP contribution is -2.26. The number of hydrogen-bond donors (Lipinski definition) is 0. The monoisotopic (exact) mass is 246 g/mol. The zero-order valence-electron chi connectivity index (χ0n) is 8.18. The second-order valence-corrected chi connectivity index (χ2v) is 5.73. The predicted molar refractivity (Wildman–Crippen MR) is 60.2 cm³/mol. The molecular formula is C10H11ClO3S. The van der Waals surface area contributed by atoms with Crippen LogP contribution in [0.5, 0.6) is 0 Å². The molecule has 0 spiro atoms. The van der Waals surface area contributed by atoms with Gasteiger partial charge in [-0.3, -0.25) is 4.79 Å². The quantitative estimate of drug-likeness (QED) is 0.714. The molecule has 1 rings (SSSR count). The third kappa shape index (κ3) is 2.58. The molecule has 2 atom stereocenters. The Bertz CT molecular complexity index is 445. The van der Waals surface area contributed by atoms with Crippen LogP contribution < -0.4 is 0 Å². The minimum atomic E-state index is -3.34. The lowest BCUT2D eigenvalue weighted by atomic mass is 9.98. The van der Waals surface area contributed by atoms with E-state index >= 15 is 0 Å². The highest BCUT2D eigenvalue weighted by atomic mass is 35.5. The molecule has 0 saturated heterocycles. The van der Waals surface area contributed by atoms with E-state index in [1.165, 1.54) is 12.2 Å². The lowest BCUT2D eigenvalue weighted by molar-refractivity contribution is -0.108. The molecule has 0 aromatic rings. The van der Waals surface area contributed by atoms with Crippen LogP contribution in [0.25, 0.3) is 0 Å². The number of hydrogen-bond acceptors (Lipinski definition) is 3. The molecule has 2 unspecified atom stereocenters. The standard InChI is InChI=1S/C10H11ClO3S/c1-3-15(13,14)9-5-4-8(10(11)12)6-7(9)2/h3-7,9H,1H2,2H3. The Hall–Kier alpha value is -0.870. The Morgan fingerprint density at radius 2 is 2.20 bits per heavy atom. The van der Waals surface area contributed by atoms with Crippen LogP contribution in [0, 0.1) is 5.92 Å². The first kappa shape index (κ1) is 12.2. The van der Waals surface area contributed by atoms with Gasteiger partial charge >= 0.3 is 0 Å². The SMILES string of the molecule is C=CS(=O)(=O)C1C=CC(C(=O)Cl)=CC1C. The highest BCUT2D eigenvalue weighted by Crippen LogP contribution is 2.24. The van der Waals surface area contributed by atoms with Gasteiger partial charge in [0.15, 0.2) is 9.84 Å². The molecule has 0 saturated carbocycles. The van der Waals surface area contributed by atoms with Gasteiger partial charge in [-0.05, 0) is 17.5 Å². The maximum atomic E-state index is 11.5. The summed E-state index contributed by atoms with van der Waals surface area (Å²) >= 11 is 5.29. The average molecular weight is 247 g/mol. The van der Waals surface area contributed by atoms with Gasteiger partial charge in [0.05, 0.1) is 5.25 Å². The first-order valence-corrected chi connectivity index (χ1v) is 6.33. The molecule has 82 valence electrons. The molecule has 0 fully saturated rings. The highest BCUT2D eigenvalue weighted by Gasteiger charge is 2.28. The Kier molecular flexibility index (Phi) is 3.52. The van der Waals surface area contributed by atoms with Crippen LogP contribution in [-0.2, 0) is 14.6 Å². The summed E-state index contributed by atoms with van der Waals surface area (Å²) in [6.07, 6.45) is 4.46. The van der Waals surface area contributed by atoms with E-state index in [2.05, 4.69) is 6.58 Å². The van der Waals surface area contributed by atoms with E-state index in [0.29, 0.717) is 5.57 Å². The number of sulfone groups is 1. The highest BCUT2D eigenvalue weighted by molar-refractivity contribution is 7.95. The average Bonchev–Trinajstić information content (AvgIpc) is 2.17. The van der Waals surface area contributed by atoms with Crippen LogP contribution >= 0.6 is 11.6 Å². The third-order valence-corrected chi connectivity index (χ3v) is 4.29. The van der Waals surface area contributed by atoms with Crippen LogP contribution in [0.15, 0.2) is 35.8 Å². The molecule has 0 bridgehead atoms. The van der Waals surface area contributed by atoms with Gasteiger partial charge < -0.3 is 0 Å². The smallest absolute Gasteiger partial charge is 0.252 e. The third-order valence-electron chi connectivity index (χ3n) is 2.26. The minimum Gasteiger partial charge on any atom is -0.276 e. The molecule has 1 aliphatic carbocycles. The second-order valence-electron chi connectivity index (χ2n) is 3.33.